The number of nitrogens with one attached hydrogen (secondary N) is 1. The van der Waals surface area contributed by atoms with Crippen molar-refractivity contribution in [1.29, 1.82) is 0 Å². The predicted octanol–water partition coefficient (Wildman–Crippen LogP) is 2.85. The minimum atomic E-state index is -1.02. The Kier molecular flexibility index (Phi) is 4.41. The van der Waals surface area contributed by atoms with Gasteiger partial charge in [-0.25, -0.2) is 4.79 Å². The van der Waals surface area contributed by atoms with Crippen LogP contribution in [-0.2, 0) is 4.79 Å². The van der Waals surface area contributed by atoms with Gasteiger partial charge in [0.15, 0.2) is 6.04 Å². The molecule has 0 saturated carbocycles. The van der Waals surface area contributed by atoms with Crippen LogP contribution in [0.1, 0.15) is 21.3 Å². The summed E-state index contributed by atoms with van der Waals surface area (Å²) in [5.74, 6) is -1.64. The molecule has 1 aromatic heterocycles. The van der Waals surface area contributed by atoms with E-state index in [0.717, 1.165) is 0 Å². The van der Waals surface area contributed by atoms with Gasteiger partial charge in [0.05, 0.1) is 5.56 Å². The van der Waals surface area contributed by atoms with Gasteiger partial charge in [-0.3, -0.25) is 4.79 Å². The third-order valence-electron chi connectivity index (χ3n) is 2.62. The van der Waals surface area contributed by atoms with Crippen LogP contribution >= 0.6 is 27.3 Å². The minimum absolute atomic E-state index is 0.238. The number of carboxylic acids is 1. The number of benzene rings is 1. The van der Waals surface area contributed by atoms with E-state index in [1.165, 1.54) is 11.3 Å². The SMILES string of the molecule is NC(=O)c1cc(Br)ccc1NC(C(=O)O)c1cccs1. The summed E-state index contributed by atoms with van der Waals surface area (Å²) in [6.45, 7) is 0. The summed E-state index contributed by atoms with van der Waals surface area (Å²) < 4.78 is 0.694. The van der Waals surface area contributed by atoms with Gasteiger partial charge in [-0.2, -0.15) is 0 Å². The van der Waals surface area contributed by atoms with Crippen LogP contribution in [0.25, 0.3) is 0 Å². The zero-order valence-corrected chi connectivity index (χ0v) is 12.6. The summed E-state index contributed by atoms with van der Waals surface area (Å²) in [6, 6.07) is 7.45. The Morgan fingerprint density at radius 1 is 1.35 bits per heavy atom. The van der Waals surface area contributed by atoms with E-state index in [4.69, 9.17) is 5.73 Å². The molecule has 0 aliphatic rings. The van der Waals surface area contributed by atoms with Crippen molar-refractivity contribution in [1.82, 2.24) is 0 Å². The molecule has 1 amide bonds. The lowest BCUT2D eigenvalue weighted by atomic mass is 10.1. The average molecular weight is 355 g/mol. The normalized spacial score (nSPS) is 11.8. The second kappa shape index (κ2) is 6.06. The molecular weight excluding hydrogens is 344 g/mol. The zero-order valence-electron chi connectivity index (χ0n) is 10.2. The molecule has 2 aromatic rings. The largest absolute Gasteiger partial charge is 0.479 e. The maximum absolute atomic E-state index is 11.4. The molecule has 1 heterocycles. The van der Waals surface area contributed by atoms with Crippen molar-refractivity contribution in [3.63, 3.8) is 0 Å². The van der Waals surface area contributed by atoms with Crippen LogP contribution in [-0.4, -0.2) is 17.0 Å². The molecule has 104 valence electrons. The number of carbonyl (C=O) groups excluding carboxylic acids is 1. The van der Waals surface area contributed by atoms with Crippen molar-refractivity contribution in [2.75, 3.05) is 5.32 Å². The molecule has 1 unspecified atom stereocenters. The Balaban J connectivity index is 2.37. The topological polar surface area (TPSA) is 92.4 Å². The molecule has 7 heteroatoms. The van der Waals surface area contributed by atoms with E-state index in [9.17, 15) is 14.7 Å². The number of thiophene rings is 1. The number of rotatable bonds is 5. The lowest BCUT2D eigenvalue weighted by molar-refractivity contribution is -0.138. The van der Waals surface area contributed by atoms with E-state index >= 15 is 0 Å². The summed E-state index contributed by atoms with van der Waals surface area (Å²) in [6.07, 6.45) is 0. The van der Waals surface area contributed by atoms with Crippen LogP contribution in [0.3, 0.4) is 0 Å². The second-order valence-corrected chi connectivity index (χ2v) is 5.88. The maximum Gasteiger partial charge on any atom is 0.331 e. The summed E-state index contributed by atoms with van der Waals surface area (Å²) in [7, 11) is 0. The Morgan fingerprint density at radius 2 is 2.10 bits per heavy atom. The molecule has 4 N–H and O–H groups in total. The van der Waals surface area contributed by atoms with E-state index in [2.05, 4.69) is 21.2 Å². The highest BCUT2D eigenvalue weighted by atomic mass is 79.9. The highest BCUT2D eigenvalue weighted by Crippen LogP contribution is 2.27. The summed E-state index contributed by atoms with van der Waals surface area (Å²) in [4.78, 5) is 23.4. The van der Waals surface area contributed by atoms with E-state index in [0.29, 0.717) is 15.0 Å². The van der Waals surface area contributed by atoms with Crippen LogP contribution in [0, 0.1) is 0 Å². The summed E-state index contributed by atoms with van der Waals surface area (Å²) in [5.41, 5.74) is 5.94. The van der Waals surface area contributed by atoms with Gasteiger partial charge in [0.2, 0.25) is 0 Å². The molecule has 0 spiro atoms. The number of anilines is 1. The van der Waals surface area contributed by atoms with Crippen molar-refractivity contribution in [3.8, 4) is 0 Å². The number of primary amides is 1. The molecular formula is C13H11BrN2O3S. The Bertz CT molecular complexity index is 643. The van der Waals surface area contributed by atoms with E-state index in [1.54, 1.807) is 35.7 Å². The fraction of sp³-hybridized carbons (Fsp3) is 0.0769. The Labute approximate surface area is 127 Å². The molecule has 0 aliphatic heterocycles. The fourth-order valence-electron chi connectivity index (χ4n) is 1.71. The summed E-state index contributed by atoms with van der Waals surface area (Å²) >= 11 is 4.58. The van der Waals surface area contributed by atoms with Gasteiger partial charge >= 0.3 is 5.97 Å². The molecule has 2 rings (SSSR count). The van der Waals surface area contributed by atoms with E-state index < -0.39 is 17.9 Å². The van der Waals surface area contributed by atoms with Crippen LogP contribution in [0.15, 0.2) is 40.2 Å². The first-order valence-electron chi connectivity index (χ1n) is 5.61. The zero-order chi connectivity index (χ0) is 14.7. The average Bonchev–Trinajstić information content (AvgIpc) is 2.90. The first-order valence-corrected chi connectivity index (χ1v) is 7.28. The Morgan fingerprint density at radius 3 is 2.65 bits per heavy atom. The van der Waals surface area contributed by atoms with Gasteiger partial charge in [-0.1, -0.05) is 22.0 Å². The Hall–Kier alpha value is -1.86. The van der Waals surface area contributed by atoms with Crippen LogP contribution in [0.2, 0.25) is 0 Å². The van der Waals surface area contributed by atoms with Gasteiger partial charge in [0, 0.05) is 15.0 Å². The van der Waals surface area contributed by atoms with Crippen molar-refractivity contribution in [2.45, 2.75) is 6.04 Å². The molecule has 0 aliphatic carbocycles. The van der Waals surface area contributed by atoms with Gasteiger partial charge in [-0.05, 0) is 29.6 Å². The van der Waals surface area contributed by atoms with Gasteiger partial charge in [0.25, 0.3) is 5.91 Å². The van der Waals surface area contributed by atoms with Crippen molar-refractivity contribution >= 4 is 44.8 Å². The van der Waals surface area contributed by atoms with Gasteiger partial charge < -0.3 is 16.2 Å². The number of hydrogen-bond donors (Lipinski definition) is 3. The van der Waals surface area contributed by atoms with Gasteiger partial charge in [-0.15, -0.1) is 11.3 Å². The van der Waals surface area contributed by atoms with Gasteiger partial charge in [0.1, 0.15) is 0 Å². The predicted molar refractivity (Wildman–Crippen MR) is 81.0 cm³/mol. The molecule has 1 atom stereocenters. The third-order valence-corrected chi connectivity index (χ3v) is 4.05. The number of amides is 1. The molecule has 5 nitrogen and oxygen atoms in total. The van der Waals surface area contributed by atoms with E-state index in [1.807, 2.05) is 0 Å². The quantitative estimate of drug-likeness (QED) is 0.769. The number of hydrogen-bond acceptors (Lipinski definition) is 4. The van der Waals surface area contributed by atoms with E-state index in [-0.39, 0.29) is 5.56 Å². The number of halogens is 1. The van der Waals surface area contributed by atoms with Crippen molar-refractivity contribution in [2.24, 2.45) is 5.73 Å². The summed E-state index contributed by atoms with van der Waals surface area (Å²) in [5, 5.41) is 14.0. The number of carbonyl (C=O) groups is 2. The number of carboxylic acid groups (broad SMARTS) is 1. The molecule has 1 aromatic carbocycles. The monoisotopic (exact) mass is 354 g/mol. The molecule has 20 heavy (non-hydrogen) atoms. The smallest absolute Gasteiger partial charge is 0.331 e. The van der Waals surface area contributed by atoms with Crippen molar-refractivity contribution in [3.05, 3.63) is 50.6 Å². The molecule has 0 fully saturated rings. The molecule has 0 bridgehead atoms. The molecule has 0 radical (unpaired) electrons. The molecule has 0 saturated heterocycles. The highest BCUT2D eigenvalue weighted by molar-refractivity contribution is 9.10. The second-order valence-electron chi connectivity index (χ2n) is 3.99. The first kappa shape index (κ1) is 14.5. The first-order chi connectivity index (χ1) is 9.49. The lowest BCUT2D eigenvalue weighted by Gasteiger charge is -2.16. The number of nitrogens with two attached hydrogens (primary N) is 1. The number of aliphatic carboxylic acids is 1. The van der Waals surface area contributed by atoms with Crippen molar-refractivity contribution < 1.29 is 14.7 Å². The third kappa shape index (κ3) is 3.17. The minimum Gasteiger partial charge on any atom is -0.479 e. The lowest BCUT2D eigenvalue weighted by Crippen LogP contribution is -2.22. The maximum atomic E-state index is 11.4. The standard InChI is InChI=1S/C13H11BrN2O3S/c14-7-3-4-9(8(6-7)12(15)17)16-11(13(18)19)10-2-1-5-20-10/h1-6,11,16H,(H2,15,17)(H,18,19). The van der Waals surface area contributed by atoms with Crippen LogP contribution in [0.4, 0.5) is 5.69 Å². The van der Waals surface area contributed by atoms with Crippen LogP contribution in [0.5, 0.6) is 0 Å². The van der Waals surface area contributed by atoms with Crippen LogP contribution < -0.4 is 11.1 Å². The highest BCUT2D eigenvalue weighted by Gasteiger charge is 2.22. The fourth-order valence-corrected chi connectivity index (χ4v) is 2.84.